The van der Waals surface area contributed by atoms with Crippen LogP contribution >= 0.6 is 0 Å². The van der Waals surface area contributed by atoms with E-state index in [2.05, 4.69) is 18.8 Å². The normalized spacial score (nSPS) is 12.6. The van der Waals surface area contributed by atoms with Gasteiger partial charge in [-0.25, -0.2) is 0 Å². The van der Waals surface area contributed by atoms with E-state index in [1.807, 2.05) is 19.1 Å². The zero-order chi connectivity index (χ0) is 11.4. The Kier molecular flexibility index (Phi) is 4.07. The molecule has 3 heteroatoms. The van der Waals surface area contributed by atoms with Gasteiger partial charge in [-0.15, -0.1) is 0 Å². The molecule has 79 valence electrons. The van der Waals surface area contributed by atoms with E-state index in [0.29, 0.717) is 5.92 Å². The molecule has 0 bridgehead atoms. The Morgan fingerprint density at radius 2 is 2.13 bits per heavy atom. The van der Waals surface area contributed by atoms with Crippen molar-refractivity contribution in [3.05, 3.63) is 29.6 Å². The van der Waals surface area contributed by atoms with Crippen LogP contribution in [0.1, 0.15) is 37.8 Å². The second-order valence-electron chi connectivity index (χ2n) is 4.28. The van der Waals surface area contributed by atoms with Crippen LogP contribution in [0.4, 0.5) is 0 Å². The predicted molar refractivity (Wildman–Crippen MR) is 63.0 cm³/mol. The van der Waals surface area contributed by atoms with Crippen molar-refractivity contribution >= 4 is 13.0 Å². The summed E-state index contributed by atoms with van der Waals surface area (Å²) in [7, 11) is 1.79. The van der Waals surface area contributed by atoms with E-state index in [-0.39, 0.29) is 11.5 Å². The van der Waals surface area contributed by atoms with Crippen LogP contribution in [0.2, 0.25) is 0 Å². The molecule has 0 saturated heterocycles. The first kappa shape index (κ1) is 12.0. The minimum Gasteiger partial charge on any atom is -0.312 e. The second kappa shape index (κ2) is 5.10. The largest absolute Gasteiger partial charge is 0.312 e. The molecule has 0 fully saturated rings. The first-order valence-electron chi connectivity index (χ1n) is 5.28. The van der Waals surface area contributed by atoms with Gasteiger partial charge in [-0.3, -0.25) is 4.98 Å². The summed E-state index contributed by atoms with van der Waals surface area (Å²) < 4.78 is 0. The Labute approximate surface area is 92.4 Å². The fourth-order valence-electron chi connectivity index (χ4n) is 1.70. The molecule has 15 heavy (non-hydrogen) atoms. The highest BCUT2D eigenvalue weighted by molar-refractivity contribution is 6.74. The highest BCUT2D eigenvalue weighted by Crippen LogP contribution is 2.23. The first-order chi connectivity index (χ1) is 7.00. The number of hydrogen-bond acceptors (Lipinski definition) is 2. The van der Waals surface area contributed by atoms with Crippen LogP contribution < -0.4 is 0 Å². The van der Waals surface area contributed by atoms with Crippen molar-refractivity contribution < 1.29 is 4.79 Å². The third kappa shape index (κ3) is 3.50. The average Bonchev–Trinajstić information content (AvgIpc) is 2.13. The topological polar surface area (TPSA) is 30.0 Å². The first-order valence-corrected chi connectivity index (χ1v) is 5.28. The van der Waals surface area contributed by atoms with Crippen molar-refractivity contribution in [2.24, 2.45) is 5.92 Å². The molecule has 1 atom stereocenters. The Bertz CT molecular complexity index is 349. The van der Waals surface area contributed by atoms with Gasteiger partial charge in [-0.05, 0) is 43.3 Å². The van der Waals surface area contributed by atoms with Crippen LogP contribution in [0.25, 0.3) is 0 Å². The summed E-state index contributed by atoms with van der Waals surface area (Å²) in [5, 5.41) is 0. The van der Waals surface area contributed by atoms with Crippen molar-refractivity contribution in [2.75, 3.05) is 0 Å². The molecule has 2 nitrogen and oxygen atoms in total. The van der Waals surface area contributed by atoms with Crippen molar-refractivity contribution in [3.63, 3.8) is 0 Å². The van der Waals surface area contributed by atoms with Gasteiger partial charge in [0.2, 0.25) is 7.28 Å². The number of nitrogens with zero attached hydrogens (tertiary/aromatic N) is 1. The van der Waals surface area contributed by atoms with Crippen LogP contribution in [0.5, 0.6) is 0 Å². The molecule has 0 amide bonds. The highest BCUT2D eigenvalue weighted by atomic mass is 16.1. The fraction of sp³-hybridized carbons (Fsp3) is 0.500. The van der Waals surface area contributed by atoms with E-state index in [9.17, 15) is 4.79 Å². The molecule has 1 rings (SSSR count). The van der Waals surface area contributed by atoms with Gasteiger partial charge in [-0.2, -0.15) is 0 Å². The third-order valence-electron chi connectivity index (χ3n) is 2.44. The van der Waals surface area contributed by atoms with E-state index in [0.717, 1.165) is 5.69 Å². The molecule has 0 N–H and O–H groups in total. The number of carbonyl (C=O) groups excluding carboxylic acids is 1. The lowest BCUT2D eigenvalue weighted by Crippen LogP contribution is -2.20. The van der Waals surface area contributed by atoms with Gasteiger partial charge in [0.1, 0.15) is 0 Å². The second-order valence-corrected chi connectivity index (χ2v) is 4.28. The van der Waals surface area contributed by atoms with Gasteiger partial charge >= 0.3 is 0 Å². The van der Waals surface area contributed by atoms with E-state index in [4.69, 9.17) is 0 Å². The molecule has 1 unspecified atom stereocenters. The molecule has 1 aromatic rings. The van der Waals surface area contributed by atoms with E-state index in [1.165, 1.54) is 5.56 Å². The summed E-state index contributed by atoms with van der Waals surface area (Å²) in [5.41, 5.74) is 2.30. The monoisotopic (exact) mass is 202 g/mol. The van der Waals surface area contributed by atoms with Gasteiger partial charge in [0, 0.05) is 11.9 Å². The molecule has 0 aliphatic rings. The van der Waals surface area contributed by atoms with Crippen LogP contribution in [0.15, 0.2) is 18.3 Å². The lowest BCUT2D eigenvalue weighted by molar-refractivity contribution is -0.110. The van der Waals surface area contributed by atoms with Gasteiger partial charge in [0.05, 0.1) is 5.68 Å². The molecule has 1 aromatic heterocycles. The minimum absolute atomic E-state index is 0.128. The smallest absolute Gasteiger partial charge is 0.210 e. The quantitative estimate of drug-likeness (QED) is 0.701. The summed E-state index contributed by atoms with van der Waals surface area (Å²) >= 11 is 0. The van der Waals surface area contributed by atoms with E-state index < -0.39 is 0 Å². The summed E-state index contributed by atoms with van der Waals surface area (Å²) in [5.74, 6) is 0.625. The minimum atomic E-state index is 0.128. The molecular formula is C12H17BNO. The Morgan fingerprint density at radius 3 is 2.60 bits per heavy atom. The van der Waals surface area contributed by atoms with Crippen LogP contribution in [0.3, 0.4) is 0 Å². The summed E-state index contributed by atoms with van der Waals surface area (Å²) in [6.07, 6.45) is 1.80. The molecule has 0 aliphatic heterocycles. The van der Waals surface area contributed by atoms with Crippen LogP contribution in [-0.2, 0) is 4.79 Å². The summed E-state index contributed by atoms with van der Waals surface area (Å²) in [6.45, 7) is 7.82. The lowest BCUT2D eigenvalue weighted by atomic mass is 9.55. The Balaban J connectivity index is 2.93. The molecule has 0 saturated carbocycles. The highest BCUT2D eigenvalue weighted by Gasteiger charge is 2.19. The number of aryl methyl sites for hydroxylation is 1. The molecular weight excluding hydrogens is 185 g/mol. The van der Waals surface area contributed by atoms with Crippen LogP contribution in [-0.4, -0.2) is 17.9 Å². The number of aromatic nitrogens is 1. The summed E-state index contributed by atoms with van der Waals surface area (Å²) in [4.78, 5) is 15.3. The van der Waals surface area contributed by atoms with Crippen LogP contribution in [0, 0.1) is 12.8 Å². The van der Waals surface area contributed by atoms with Crippen molar-refractivity contribution in [3.8, 4) is 0 Å². The van der Waals surface area contributed by atoms with Crippen molar-refractivity contribution in [1.82, 2.24) is 4.98 Å². The molecule has 0 aliphatic carbocycles. The lowest BCUT2D eigenvalue weighted by Gasteiger charge is -2.19. The maximum Gasteiger partial charge on any atom is 0.210 e. The van der Waals surface area contributed by atoms with Crippen molar-refractivity contribution in [1.29, 1.82) is 0 Å². The molecule has 0 spiro atoms. The zero-order valence-corrected chi connectivity index (χ0v) is 9.82. The van der Waals surface area contributed by atoms with E-state index in [1.54, 1.807) is 20.4 Å². The van der Waals surface area contributed by atoms with Gasteiger partial charge in [-0.1, -0.05) is 13.8 Å². The Hall–Kier alpha value is -1.12. The maximum absolute atomic E-state index is 11.1. The Morgan fingerprint density at radius 1 is 1.47 bits per heavy atom. The maximum atomic E-state index is 11.1. The number of pyridine rings is 1. The number of rotatable bonds is 4. The predicted octanol–water partition coefficient (Wildman–Crippen LogP) is 2.34. The SMILES string of the molecule is CC(=O)[B]C(c1ccnc(C)c1)C(C)C. The summed E-state index contributed by atoms with van der Waals surface area (Å²) in [6, 6.07) is 4.03. The standard InChI is InChI=1S/C12H17BNO/c1-8(2)12(13-10(4)15)11-5-6-14-9(3)7-11/h5-8,12H,1-4H3. The van der Waals surface area contributed by atoms with Gasteiger partial charge < -0.3 is 4.79 Å². The third-order valence-corrected chi connectivity index (χ3v) is 2.44. The number of carbonyl (C=O) groups is 1. The average molecular weight is 202 g/mol. The molecule has 1 radical (unpaired) electrons. The zero-order valence-electron chi connectivity index (χ0n) is 9.82. The number of hydrogen-bond donors (Lipinski definition) is 0. The fourth-order valence-corrected chi connectivity index (χ4v) is 1.70. The van der Waals surface area contributed by atoms with Gasteiger partial charge in [0.25, 0.3) is 0 Å². The van der Waals surface area contributed by atoms with Gasteiger partial charge in [0.15, 0.2) is 0 Å². The molecule has 0 aromatic carbocycles. The van der Waals surface area contributed by atoms with E-state index >= 15 is 0 Å². The van der Waals surface area contributed by atoms with Crippen molar-refractivity contribution in [2.45, 2.75) is 33.5 Å². The molecule has 1 heterocycles.